The minimum absolute atomic E-state index is 0.877. The number of morpholine rings is 1. The zero-order chi connectivity index (χ0) is 17.1. The van der Waals surface area contributed by atoms with Gasteiger partial charge in [0.1, 0.15) is 0 Å². The van der Waals surface area contributed by atoms with Crippen LogP contribution in [0.1, 0.15) is 12.0 Å². The smallest absolute Gasteiger partial charge is 0.193 e. The van der Waals surface area contributed by atoms with Gasteiger partial charge in [0, 0.05) is 25.2 Å². The van der Waals surface area contributed by atoms with Crippen molar-refractivity contribution in [1.29, 1.82) is 0 Å². The first-order chi connectivity index (χ1) is 12.3. The first-order valence-corrected chi connectivity index (χ1v) is 9.94. The fourth-order valence-corrected chi connectivity index (χ4v) is 4.21. The Labute approximate surface area is 153 Å². The Bertz CT molecular complexity index is 696. The molecular formula is C18H25N5OS. The highest BCUT2D eigenvalue weighted by Crippen LogP contribution is 2.29. The standard InChI is InChI=1S/C18H25N5OS/c1-15-3-5-16(6-4-15)17-19-20-18-23(17)13-22(14-25-18)8-2-7-21-9-11-24-12-10-21/h3-6H,2,7-14H2,1H3. The SMILES string of the molecule is Cc1ccc(-c2nnc3n2CN(CCCN2CCOCC2)CS3)cc1. The number of ether oxygens (including phenoxy) is 1. The average molecular weight is 359 g/mol. The van der Waals surface area contributed by atoms with E-state index in [9.17, 15) is 0 Å². The highest BCUT2D eigenvalue weighted by atomic mass is 32.2. The van der Waals surface area contributed by atoms with E-state index in [1.165, 1.54) is 12.0 Å². The summed E-state index contributed by atoms with van der Waals surface area (Å²) in [5, 5.41) is 9.83. The van der Waals surface area contributed by atoms with Crippen molar-refractivity contribution in [2.45, 2.75) is 25.2 Å². The van der Waals surface area contributed by atoms with E-state index in [2.05, 4.69) is 55.8 Å². The molecule has 1 aromatic carbocycles. The topological polar surface area (TPSA) is 46.4 Å². The van der Waals surface area contributed by atoms with Crippen molar-refractivity contribution < 1.29 is 4.74 Å². The monoisotopic (exact) mass is 359 g/mol. The quantitative estimate of drug-likeness (QED) is 0.816. The van der Waals surface area contributed by atoms with Crippen LogP contribution in [0.4, 0.5) is 0 Å². The zero-order valence-electron chi connectivity index (χ0n) is 14.7. The van der Waals surface area contributed by atoms with Crippen LogP contribution in [0.25, 0.3) is 11.4 Å². The van der Waals surface area contributed by atoms with E-state index in [1.54, 1.807) is 11.8 Å². The van der Waals surface area contributed by atoms with Crippen molar-refractivity contribution >= 4 is 11.8 Å². The molecule has 7 heteroatoms. The summed E-state index contributed by atoms with van der Waals surface area (Å²) < 4.78 is 7.66. The molecule has 3 heterocycles. The van der Waals surface area contributed by atoms with Crippen LogP contribution in [0.15, 0.2) is 29.4 Å². The predicted octanol–water partition coefficient (Wildman–Crippen LogP) is 2.30. The Balaban J connectivity index is 1.37. The van der Waals surface area contributed by atoms with Crippen molar-refractivity contribution in [2.24, 2.45) is 0 Å². The molecule has 0 spiro atoms. The van der Waals surface area contributed by atoms with Crippen LogP contribution in [0.2, 0.25) is 0 Å². The summed E-state index contributed by atoms with van der Waals surface area (Å²) in [4.78, 5) is 4.99. The van der Waals surface area contributed by atoms with Gasteiger partial charge in [0.25, 0.3) is 0 Å². The van der Waals surface area contributed by atoms with E-state index in [1.807, 2.05) is 0 Å². The summed E-state index contributed by atoms with van der Waals surface area (Å²) in [5.41, 5.74) is 2.40. The first-order valence-electron chi connectivity index (χ1n) is 8.95. The molecule has 0 unspecified atom stereocenters. The van der Waals surface area contributed by atoms with E-state index >= 15 is 0 Å². The number of hydrogen-bond donors (Lipinski definition) is 0. The van der Waals surface area contributed by atoms with Gasteiger partial charge >= 0.3 is 0 Å². The molecule has 1 aromatic heterocycles. The van der Waals surface area contributed by atoms with E-state index in [0.29, 0.717) is 0 Å². The maximum absolute atomic E-state index is 5.42. The molecule has 0 bridgehead atoms. The Hall–Kier alpha value is -1.41. The third kappa shape index (κ3) is 4.06. The van der Waals surface area contributed by atoms with Gasteiger partial charge in [-0.25, -0.2) is 0 Å². The molecular weight excluding hydrogens is 334 g/mol. The number of aromatic nitrogens is 3. The molecule has 1 saturated heterocycles. The molecule has 4 rings (SSSR count). The van der Waals surface area contributed by atoms with Gasteiger partial charge in [-0.2, -0.15) is 0 Å². The van der Waals surface area contributed by atoms with E-state index in [0.717, 1.165) is 68.5 Å². The van der Waals surface area contributed by atoms with Gasteiger partial charge in [0.05, 0.1) is 25.8 Å². The second-order valence-electron chi connectivity index (χ2n) is 6.72. The lowest BCUT2D eigenvalue weighted by molar-refractivity contribution is 0.0359. The Kier molecular flexibility index (Phi) is 5.36. The molecule has 1 fully saturated rings. The molecule has 2 aliphatic heterocycles. The fourth-order valence-electron chi connectivity index (χ4n) is 3.31. The van der Waals surface area contributed by atoms with Crippen LogP contribution < -0.4 is 0 Å². The summed E-state index contributed by atoms with van der Waals surface area (Å²) in [6, 6.07) is 8.53. The molecule has 2 aliphatic rings. The highest BCUT2D eigenvalue weighted by molar-refractivity contribution is 7.99. The van der Waals surface area contributed by atoms with Gasteiger partial charge in [-0.3, -0.25) is 14.4 Å². The second kappa shape index (κ2) is 7.86. The molecule has 0 saturated carbocycles. The molecule has 2 aromatic rings. The summed E-state index contributed by atoms with van der Waals surface area (Å²) in [6.45, 7) is 9.15. The Morgan fingerprint density at radius 1 is 1.04 bits per heavy atom. The van der Waals surface area contributed by atoms with Gasteiger partial charge < -0.3 is 4.74 Å². The number of hydrogen-bond acceptors (Lipinski definition) is 6. The summed E-state index contributed by atoms with van der Waals surface area (Å²) in [5.74, 6) is 1.97. The lowest BCUT2D eigenvalue weighted by Gasteiger charge is -2.30. The van der Waals surface area contributed by atoms with Gasteiger partial charge in [0.15, 0.2) is 11.0 Å². The molecule has 0 N–H and O–H groups in total. The van der Waals surface area contributed by atoms with Crippen molar-refractivity contribution in [3.8, 4) is 11.4 Å². The number of nitrogens with zero attached hydrogens (tertiary/aromatic N) is 5. The lowest BCUT2D eigenvalue weighted by atomic mass is 10.1. The first kappa shape index (κ1) is 17.0. The average Bonchev–Trinajstić information content (AvgIpc) is 3.07. The minimum Gasteiger partial charge on any atom is -0.379 e. The van der Waals surface area contributed by atoms with Crippen LogP contribution in [-0.4, -0.2) is 69.8 Å². The fraction of sp³-hybridized carbons (Fsp3) is 0.556. The Morgan fingerprint density at radius 2 is 1.80 bits per heavy atom. The van der Waals surface area contributed by atoms with E-state index in [-0.39, 0.29) is 0 Å². The van der Waals surface area contributed by atoms with E-state index < -0.39 is 0 Å². The predicted molar refractivity (Wildman–Crippen MR) is 99.5 cm³/mol. The van der Waals surface area contributed by atoms with Crippen LogP contribution in [0.5, 0.6) is 0 Å². The highest BCUT2D eigenvalue weighted by Gasteiger charge is 2.22. The maximum atomic E-state index is 5.42. The number of aryl methyl sites for hydroxylation is 1. The zero-order valence-corrected chi connectivity index (χ0v) is 15.5. The number of thioether (sulfide) groups is 1. The van der Waals surface area contributed by atoms with Gasteiger partial charge in [-0.15, -0.1) is 10.2 Å². The van der Waals surface area contributed by atoms with Crippen molar-refractivity contribution in [3.63, 3.8) is 0 Å². The summed E-state index contributed by atoms with van der Waals surface area (Å²) >= 11 is 1.78. The third-order valence-electron chi connectivity index (χ3n) is 4.80. The van der Waals surface area contributed by atoms with Crippen molar-refractivity contribution in [1.82, 2.24) is 24.6 Å². The molecule has 134 valence electrons. The normalized spacial score (nSPS) is 19.1. The summed E-state index contributed by atoms with van der Waals surface area (Å²) in [6.07, 6.45) is 1.19. The summed E-state index contributed by atoms with van der Waals surface area (Å²) in [7, 11) is 0. The van der Waals surface area contributed by atoms with Crippen molar-refractivity contribution in [3.05, 3.63) is 29.8 Å². The molecule has 0 atom stereocenters. The number of benzene rings is 1. The molecule has 0 radical (unpaired) electrons. The van der Waals surface area contributed by atoms with Gasteiger partial charge in [-0.05, 0) is 19.9 Å². The number of fused-ring (bicyclic) bond motifs is 1. The molecule has 0 aliphatic carbocycles. The van der Waals surface area contributed by atoms with Gasteiger partial charge in [0.2, 0.25) is 0 Å². The van der Waals surface area contributed by atoms with Crippen molar-refractivity contribution in [2.75, 3.05) is 45.3 Å². The molecule has 0 amide bonds. The van der Waals surface area contributed by atoms with Gasteiger partial charge in [-0.1, -0.05) is 41.6 Å². The molecule has 6 nitrogen and oxygen atoms in total. The van der Waals surface area contributed by atoms with Crippen LogP contribution in [-0.2, 0) is 11.4 Å². The number of rotatable bonds is 5. The third-order valence-corrected chi connectivity index (χ3v) is 5.85. The van der Waals surface area contributed by atoms with Crippen LogP contribution in [0.3, 0.4) is 0 Å². The second-order valence-corrected chi connectivity index (χ2v) is 7.63. The van der Waals surface area contributed by atoms with Crippen LogP contribution >= 0.6 is 11.8 Å². The minimum atomic E-state index is 0.877. The van der Waals surface area contributed by atoms with Crippen LogP contribution in [0, 0.1) is 6.92 Å². The Morgan fingerprint density at radius 3 is 2.60 bits per heavy atom. The maximum Gasteiger partial charge on any atom is 0.193 e. The lowest BCUT2D eigenvalue weighted by Crippen LogP contribution is -2.38. The largest absolute Gasteiger partial charge is 0.379 e. The molecule has 25 heavy (non-hydrogen) atoms. The van der Waals surface area contributed by atoms with E-state index in [4.69, 9.17) is 4.74 Å².